The Morgan fingerprint density at radius 2 is 1.96 bits per heavy atom. The number of hydrogen-bond acceptors (Lipinski definition) is 2. The lowest BCUT2D eigenvalue weighted by Crippen LogP contribution is -2.77. The molecule has 2 N–H and O–H groups in total. The summed E-state index contributed by atoms with van der Waals surface area (Å²) >= 11 is 6.01. The van der Waals surface area contributed by atoms with Gasteiger partial charge in [-0.15, -0.1) is 6.58 Å². The van der Waals surface area contributed by atoms with Crippen LogP contribution in [-0.2, 0) is 13.1 Å². The van der Waals surface area contributed by atoms with Crippen LogP contribution in [0.2, 0.25) is 5.02 Å². The van der Waals surface area contributed by atoms with Crippen molar-refractivity contribution in [3.05, 3.63) is 63.4 Å². The lowest BCUT2D eigenvalue weighted by Gasteiger charge is -2.18. The highest BCUT2D eigenvalue weighted by atomic mass is 35.5. The van der Waals surface area contributed by atoms with Crippen molar-refractivity contribution in [3.63, 3.8) is 0 Å². The second kappa shape index (κ2) is 8.27. The predicted molar refractivity (Wildman–Crippen MR) is 94.0 cm³/mol. The van der Waals surface area contributed by atoms with Gasteiger partial charge in [-0.1, -0.05) is 17.7 Å². The maximum Gasteiger partial charge on any atom is 0.270 e. The molecule has 4 nitrogen and oxygen atoms in total. The van der Waals surface area contributed by atoms with Crippen LogP contribution in [0.1, 0.15) is 12.5 Å². The van der Waals surface area contributed by atoms with E-state index in [1.807, 2.05) is 12.4 Å². The van der Waals surface area contributed by atoms with Gasteiger partial charge < -0.3 is 14.6 Å². The second-order valence-corrected chi connectivity index (χ2v) is 5.79. The molecule has 0 unspecified atom stereocenters. The molecule has 1 heterocycles. The topological polar surface area (TPSA) is 47.8 Å². The van der Waals surface area contributed by atoms with Gasteiger partial charge in [0.2, 0.25) is 0 Å². The minimum absolute atomic E-state index is 0.00537. The van der Waals surface area contributed by atoms with Crippen LogP contribution in [0.15, 0.2) is 35.6 Å². The van der Waals surface area contributed by atoms with E-state index in [1.165, 1.54) is 16.7 Å². The van der Waals surface area contributed by atoms with Crippen molar-refractivity contribution in [1.29, 1.82) is 0 Å². The summed E-state index contributed by atoms with van der Waals surface area (Å²) in [7, 11) is 1.81. The smallest absolute Gasteiger partial charge is 0.270 e. The zero-order chi connectivity index (χ0) is 18.6. The summed E-state index contributed by atoms with van der Waals surface area (Å²) in [5.74, 6) is -1.52. The van der Waals surface area contributed by atoms with Gasteiger partial charge in [0.25, 0.3) is 5.56 Å². The van der Waals surface area contributed by atoms with Crippen LogP contribution < -0.4 is 15.6 Å². The molecular weight excluding hydrogens is 350 g/mol. The molecule has 134 valence electrons. The van der Waals surface area contributed by atoms with Gasteiger partial charge in [-0.05, 0) is 13.0 Å². The molecule has 0 radical (unpaired) electrons. The van der Waals surface area contributed by atoms with Crippen LogP contribution >= 0.6 is 11.6 Å². The molecule has 0 saturated carbocycles. The Hall–Kier alpha value is -2.18. The normalized spacial score (nSPS) is 10.8. The first-order valence-electron chi connectivity index (χ1n) is 7.87. The molecule has 7 heteroatoms. The molecule has 2 aromatic rings. The Morgan fingerprint density at radius 1 is 1.32 bits per heavy atom. The van der Waals surface area contributed by atoms with Crippen molar-refractivity contribution in [1.82, 2.24) is 4.57 Å². The number of halogens is 3. The molecule has 0 bridgehead atoms. The van der Waals surface area contributed by atoms with Gasteiger partial charge in [-0.25, -0.2) is 8.78 Å². The fourth-order valence-electron chi connectivity index (χ4n) is 2.69. The van der Waals surface area contributed by atoms with E-state index in [-0.39, 0.29) is 35.2 Å². The first-order chi connectivity index (χ1) is 11.9. The third-order valence-corrected chi connectivity index (χ3v) is 3.89. The predicted octanol–water partition coefficient (Wildman–Crippen LogP) is 2.72. The Balaban J connectivity index is 2.83. The molecule has 1 aromatic heterocycles. The minimum Gasteiger partial charge on any atom is -0.494 e. The first-order valence-corrected chi connectivity index (χ1v) is 8.25. The molecule has 0 aliphatic carbocycles. The maximum atomic E-state index is 14.7. The summed E-state index contributed by atoms with van der Waals surface area (Å²) < 4.78 is 35.8. The van der Waals surface area contributed by atoms with Gasteiger partial charge in [0.05, 0.1) is 24.9 Å². The molecule has 1 aromatic carbocycles. The summed E-state index contributed by atoms with van der Waals surface area (Å²) in [5, 5.41) is 1.82. The molecular formula is C18H20ClF2N2O2+. The van der Waals surface area contributed by atoms with E-state index in [0.29, 0.717) is 12.1 Å². The van der Waals surface area contributed by atoms with Crippen LogP contribution in [0.3, 0.4) is 0 Å². The number of benzene rings is 1. The van der Waals surface area contributed by atoms with Gasteiger partial charge >= 0.3 is 0 Å². The van der Waals surface area contributed by atoms with Gasteiger partial charge in [-0.3, -0.25) is 4.79 Å². The summed E-state index contributed by atoms with van der Waals surface area (Å²) in [5.41, 5.74) is -0.0959. The standard InChI is InChI=1S/C18H19ClF2N2O2/c1-4-6-23-17(11(10-22-3)7-13(19)18(23)24)16-14(20)8-12(25-5-2)9-15(16)21/h4,7-9,22H,1,5-6,10H2,2-3H3/p+1. The van der Waals surface area contributed by atoms with Gasteiger partial charge in [0, 0.05) is 24.2 Å². The van der Waals surface area contributed by atoms with E-state index in [4.69, 9.17) is 16.3 Å². The van der Waals surface area contributed by atoms with Gasteiger partial charge in [0.15, 0.2) is 0 Å². The van der Waals surface area contributed by atoms with Crippen molar-refractivity contribution >= 4 is 11.6 Å². The Bertz CT molecular complexity index is 827. The number of ether oxygens (including phenoxy) is 1. The van der Waals surface area contributed by atoms with Crippen LogP contribution in [0, 0.1) is 11.6 Å². The van der Waals surface area contributed by atoms with E-state index in [0.717, 1.165) is 12.1 Å². The van der Waals surface area contributed by atoms with Crippen molar-refractivity contribution in [2.75, 3.05) is 13.7 Å². The largest absolute Gasteiger partial charge is 0.494 e. The van der Waals surface area contributed by atoms with E-state index < -0.39 is 17.2 Å². The number of hydrogen-bond donors (Lipinski definition) is 1. The molecule has 0 spiro atoms. The highest BCUT2D eigenvalue weighted by molar-refractivity contribution is 6.30. The van der Waals surface area contributed by atoms with E-state index in [1.54, 1.807) is 6.92 Å². The lowest BCUT2D eigenvalue weighted by molar-refractivity contribution is -0.643. The molecule has 0 amide bonds. The number of nitrogens with zero attached hydrogens (tertiary/aromatic N) is 1. The lowest BCUT2D eigenvalue weighted by atomic mass is 10.0. The highest BCUT2D eigenvalue weighted by Gasteiger charge is 2.23. The highest BCUT2D eigenvalue weighted by Crippen LogP contribution is 2.32. The van der Waals surface area contributed by atoms with Crippen molar-refractivity contribution in [2.24, 2.45) is 0 Å². The fraction of sp³-hybridized carbons (Fsp3) is 0.278. The third kappa shape index (κ3) is 3.91. The minimum atomic E-state index is -0.805. The third-order valence-electron chi connectivity index (χ3n) is 3.62. The molecule has 0 fully saturated rings. The molecule has 25 heavy (non-hydrogen) atoms. The second-order valence-electron chi connectivity index (χ2n) is 5.38. The van der Waals surface area contributed by atoms with E-state index in [2.05, 4.69) is 6.58 Å². The van der Waals surface area contributed by atoms with Crippen molar-refractivity contribution in [3.8, 4) is 17.0 Å². The average Bonchev–Trinajstić information content (AvgIpc) is 2.54. The number of nitrogens with two attached hydrogens (primary N) is 1. The fourth-order valence-corrected chi connectivity index (χ4v) is 2.92. The Morgan fingerprint density at radius 3 is 2.48 bits per heavy atom. The number of aromatic nitrogens is 1. The Kier molecular flexibility index (Phi) is 6.33. The SMILES string of the molecule is C=CCn1c(-c2c(F)cc(OCC)cc2F)c(C[NH2+]C)cc(Cl)c1=O. The van der Waals surface area contributed by atoms with Crippen LogP contribution in [0.25, 0.3) is 11.3 Å². The number of allylic oxidation sites excluding steroid dienone is 1. The van der Waals surface area contributed by atoms with E-state index in [9.17, 15) is 13.6 Å². The van der Waals surface area contributed by atoms with Crippen LogP contribution in [0.5, 0.6) is 5.75 Å². The molecule has 0 aliphatic rings. The van der Waals surface area contributed by atoms with Gasteiger partial charge in [-0.2, -0.15) is 0 Å². The first kappa shape index (κ1) is 19.1. The number of quaternary nitrogens is 1. The van der Waals surface area contributed by atoms with Crippen LogP contribution in [-0.4, -0.2) is 18.2 Å². The van der Waals surface area contributed by atoms with Crippen molar-refractivity contribution < 1.29 is 18.8 Å². The maximum absolute atomic E-state index is 14.7. The summed E-state index contributed by atoms with van der Waals surface area (Å²) in [4.78, 5) is 12.4. The zero-order valence-corrected chi connectivity index (χ0v) is 14.9. The number of pyridine rings is 1. The van der Waals surface area contributed by atoms with Crippen LogP contribution in [0.4, 0.5) is 8.78 Å². The summed E-state index contributed by atoms with van der Waals surface area (Å²) in [6.45, 7) is 6.09. The average molecular weight is 370 g/mol. The summed E-state index contributed by atoms with van der Waals surface area (Å²) in [6, 6.07) is 3.67. The van der Waals surface area contributed by atoms with E-state index >= 15 is 0 Å². The number of rotatable bonds is 7. The van der Waals surface area contributed by atoms with Gasteiger partial charge in [0.1, 0.15) is 29.0 Å². The summed E-state index contributed by atoms with van der Waals surface area (Å²) in [6.07, 6.45) is 1.48. The zero-order valence-electron chi connectivity index (χ0n) is 14.1. The monoisotopic (exact) mass is 369 g/mol. The molecule has 2 rings (SSSR count). The molecule has 0 saturated heterocycles. The molecule has 0 aliphatic heterocycles. The quantitative estimate of drug-likeness (QED) is 0.763. The van der Waals surface area contributed by atoms with Crippen molar-refractivity contribution in [2.45, 2.75) is 20.0 Å². The Labute approximate surface area is 149 Å². The molecule has 0 atom stereocenters.